The molecule has 0 aliphatic rings. The van der Waals surface area contributed by atoms with E-state index in [4.69, 9.17) is 4.98 Å². The molecule has 4 aromatic rings. The van der Waals surface area contributed by atoms with E-state index in [1.807, 2.05) is 27.7 Å². The van der Waals surface area contributed by atoms with Crippen LogP contribution in [0.3, 0.4) is 0 Å². The van der Waals surface area contributed by atoms with Crippen molar-refractivity contribution in [2.24, 2.45) is 11.8 Å². The molecule has 0 spiro atoms. The second kappa shape index (κ2) is 14.2. The quantitative estimate of drug-likeness (QED) is 0.0935. The number of pyridine rings is 1. The average molecular weight is 729 g/mol. The van der Waals surface area contributed by atoms with E-state index in [2.05, 4.69) is 106 Å². The Labute approximate surface area is 255 Å². The summed E-state index contributed by atoms with van der Waals surface area (Å²) < 4.78 is 0. The second-order valence-electron chi connectivity index (χ2n) is 11.9. The molecule has 4 rings (SSSR count). The molecule has 0 saturated heterocycles. The van der Waals surface area contributed by atoms with Gasteiger partial charge in [-0.2, -0.15) is 0 Å². The minimum Gasteiger partial charge on any atom is -0.512 e. The molecule has 1 heterocycles. The van der Waals surface area contributed by atoms with Gasteiger partial charge in [-0.1, -0.05) is 109 Å². The number of nitrogens with zero attached hydrogens (tertiary/aromatic N) is 1. The van der Waals surface area contributed by atoms with Gasteiger partial charge in [-0.25, -0.2) is 0 Å². The molecule has 0 aliphatic heterocycles. The Kier molecular flexibility index (Phi) is 11.8. The topological polar surface area (TPSA) is 50.2 Å². The van der Waals surface area contributed by atoms with E-state index in [9.17, 15) is 9.90 Å². The zero-order valence-electron chi connectivity index (χ0n) is 25.2. The summed E-state index contributed by atoms with van der Waals surface area (Å²) in [5.74, 6) is 0.161. The van der Waals surface area contributed by atoms with Crippen LogP contribution in [0.4, 0.5) is 0 Å². The van der Waals surface area contributed by atoms with Crippen molar-refractivity contribution < 1.29 is 30.0 Å². The maximum atomic E-state index is 11.0. The molecule has 0 amide bonds. The van der Waals surface area contributed by atoms with Crippen LogP contribution in [0.25, 0.3) is 33.3 Å². The van der Waals surface area contributed by atoms with Gasteiger partial charge in [0.1, 0.15) is 0 Å². The first-order valence-corrected chi connectivity index (χ1v) is 17.2. The maximum Gasteiger partial charge on any atom is 0.161 e. The number of benzene rings is 3. The van der Waals surface area contributed by atoms with Crippen LogP contribution in [0.1, 0.15) is 38.8 Å². The molecular weight excluding hydrogens is 687 g/mol. The van der Waals surface area contributed by atoms with Crippen LogP contribution < -0.4 is 5.19 Å². The van der Waals surface area contributed by atoms with Gasteiger partial charge in [-0.05, 0) is 34.3 Å². The molecule has 1 aromatic heterocycles. The summed E-state index contributed by atoms with van der Waals surface area (Å²) in [6.45, 7) is 18.8. The van der Waals surface area contributed by atoms with Crippen molar-refractivity contribution >= 4 is 29.9 Å². The predicted octanol–water partition coefficient (Wildman–Crippen LogP) is 8.84. The Bertz CT molecular complexity index is 1460. The summed E-state index contributed by atoms with van der Waals surface area (Å²) >= 11 is 0. The first kappa shape index (κ1) is 33.4. The molecule has 1 N–H and O–H groups in total. The van der Waals surface area contributed by atoms with E-state index >= 15 is 0 Å². The Morgan fingerprint density at radius 3 is 2.08 bits per heavy atom. The van der Waals surface area contributed by atoms with Crippen molar-refractivity contribution in [3.05, 3.63) is 95.8 Å². The zero-order valence-corrected chi connectivity index (χ0v) is 28.6. The standard InChI is InChI=1S/C26H26NSi.C9H16O2.Ir/c1-18-13-19(2)15-22(14-18)25-17-26(28(3,4)5)23-16-21(11-12-24(23)27-25)20-9-7-6-8-10-20;1-6(2)8(10)5-9(11)7(3)4;/h6-14,16-17H,1-5H3;5-7,10H,1-4H3;/q-1;;/b;8-5-;. The fourth-order valence-electron chi connectivity index (χ4n) is 4.31. The number of aliphatic hydroxyl groups is 1. The van der Waals surface area contributed by atoms with Crippen LogP contribution in [0.2, 0.25) is 19.6 Å². The third-order valence-corrected chi connectivity index (χ3v) is 8.63. The van der Waals surface area contributed by atoms with E-state index in [1.54, 1.807) is 0 Å². The molecule has 0 atom stereocenters. The first-order chi connectivity index (χ1) is 18.3. The number of aryl methyl sites for hydroxylation is 2. The number of hydrogen-bond donors (Lipinski definition) is 1. The summed E-state index contributed by atoms with van der Waals surface area (Å²) in [7, 11) is -1.57. The molecule has 0 unspecified atom stereocenters. The van der Waals surface area contributed by atoms with Gasteiger partial charge >= 0.3 is 0 Å². The molecule has 213 valence electrons. The van der Waals surface area contributed by atoms with E-state index < -0.39 is 8.07 Å². The van der Waals surface area contributed by atoms with Crippen molar-refractivity contribution in [3.63, 3.8) is 0 Å². The number of rotatable bonds is 6. The number of aromatic nitrogens is 1. The number of allylic oxidation sites excluding steroid dienone is 2. The van der Waals surface area contributed by atoms with Gasteiger partial charge in [0.15, 0.2) is 5.78 Å². The van der Waals surface area contributed by atoms with Crippen LogP contribution in [-0.4, -0.2) is 23.9 Å². The van der Waals surface area contributed by atoms with Gasteiger partial charge in [-0.3, -0.25) is 9.78 Å². The van der Waals surface area contributed by atoms with E-state index in [1.165, 1.54) is 33.3 Å². The molecule has 40 heavy (non-hydrogen) atoms. The molecule has 3 nitrogen and oxygen atoms in total. The molecule has 3 aromatic carbocycles. The van der Waals surface area contributed by atoms with Gasteiger partial charge in [0.2, 0.25) is 0 Å². The minimum absolute atomic E-state index is 0. The van der Waals surface area contributed by atoms with Crippen LogP contribution in [0.5, 0.6) is 0 Å². The van der Waals surface area contributed by atoms with Crippen molar-refractivity contribution in [2.75, 3.05) is 0 Å². The Morgan fingerprint density at radius 2 is 1.52 bits per heavy atom. The number of hydrogen-bond acceptors (Lipinski definition) is 3. The fourth-order valence-corrected chi connectivity index (χ4v) is 5.88. The average Bonchev–Trinajstić information content (AvgIpc) is 2.87. The number of ketones is 1. The Hall–Kier alpha value is -2.85. The molecule has 0 bridgehead atoms. The molecule has 0 aliphatic carbocycles. The Balaban J connectivity index is 0.000000400. The second-order valence-corrected chi connectivity index (χ2v) is 17.0. The third-order valence-electron chi connectivity index (χ3n) is 6.60. The number of carbonyl (C=O) groups is 1. The third kappa shape index (κ3) is 8.82. The van der Waals surface area contributed by atoms with Crippen molar-refractivity contribution in [3.8, 4) is 22.4 Å². The van der Waals surface area contributed by atoms with Crippen LogP contribution >= 0.6 is 0 Å². The van der Waals surface area contributed by atoms with Crippen LogP contribution in [0.15, 0.2) is 78.6 Å². The molecule has 1 radical (unpaired) electrons. The van der Waals surface area contributed by atoms with E-state index in [0.29, 0.717) is 0 Å². The largest absolute Gasteiger partial charge is 0.512 e. The van der Waals surface area contributed by atoms with Gasteiger partial charge in [0, 0.05) is 38.0 Å². The van der Waals surface area contributed by atoms with Gasteiger partial charge < -0.3 is 5.11 Å². The number of aliphatic hydroxyl groups excluding tert-OH is 1. The van der Waals surface area contributed by atoms with Crippen LogP contribution in [-0.2, 0) is 24.9 Å². The van der Waals surface area contributed by atoms with Crippen molar-refractivity contribution in [1.82, 2.24) is 4.98 Å². The minimum atomic E-state index is -1.57. The molecule has 0 saturated carbocycles. The SMILES string of the molecule is CC(C)C(=O)/C=C(\O)C(C)C.Cc1[c-]c(-c2cc([Si](C)(C)C)c3cc(-c4ccccc4)ccc3n2)cc(C)c1.[Ir]. The van der Waals surface area contributed by atoms with E-state index in [0.717, 1.165) is 22.3 Å². The van der Waals surface area contributed by atoms with E-state index in [-0.39, 0.29) is 43.5 Å². The van der Waals surface area contributed by atoms with Crippen molar-refractivity contribution in [2.45, 2.75) is 61.2 Å². The summed E-state index contributed by atoms with van der Waals surface area (Å²) in [5, 5.41) is 11.9. The Morgan fingerprint density at radius 1 is 0.875 bits per heavy atom. The summed E-state index contributed by atoms with van der Waals surface area (Å²) in [4.78, 5) is 16.0. The smallest absolute Gasteiger partial charge is 0.161 e. The zero-order chi connectivity index (χ0) is 28.9. The van der Waals surface area contributed by atoms with Gasteiger partial charge in [0.25, 0.3) is 0 Å². The van der Waals surface area contributed by atoms with Gasteiger partial charge in [0.05, 0.1) is 19.3 Å². The predicted molar refractivity (Wildman–Crippen MR) is 169 cm³/mol. The normalized spacial score (nSPS) is 11.7. The molecular formula is C35H42IrNO2Si-. The number of fused-ring (bicyclic) bond motifs is 1. The maximum absolute atomic E-state index is 11.0. The number of carbonyl (C=O) groups excluding carboxylic acids is 1. The summed E-state index contributed by atoms with van der Waals surface area (Å²) in [5.41, 5.74) is 8.10. The monoisotopic (exact) mass is 729 g/mol. The van der Waals surface area contributed by atoms with Gasteiger partial charge in [-0.15, -0.1) is 34.9 Å². The molecule has 5 heteroatoms. The summed E-state index contributed by atoms with van der Waals surface area (Å²) in [6.07, 6.45) is 1.31. The van der Waals surface area contributed by atoms with Crippen LogP contribution in [0, 0.1) is 31.7 Å². The molecule has 0 fully saturated rings. The summed E-state index contributed by atoms with van der Waals surface area (Å²) in [6, 6.07) is 27.4. The fraction of sp³-hybridized carbons (Fsp3) is 0.314. The first-order valence-electron chi connectivity index (χ1n) is 13.7. The van der Waals surface area contributed by atoms with Crippen molar-refractivity contribution in [1.29, 1.82) is 0 Å².